The standard InChI is InChI=1S/C27H33ClF3N3O5S/c1-17(2)24(33-28)26(36)39-16-23(18-6-4-3-5-7-18)32-25(35)19-8-12-21(13-9-19)34-40(37,38)22-14-10-20(11-15-22)27(29,30)31/h3-7,10-11,14-15,17,19,21,23-24,33-34H,8-9,12-13,16H2,1-2H3,(H,32,35)/t19-,21-,23-,24+/m1/s1. The fourth-order valence-corrected chi connectivity index (χ4v) is 6.12. The molecule has 2 atom stereocenters. The molecular weight excluding hydrogens is 571 g/mol. The molecule has 40 heavy (non-hydrogen) atoms. The average Bonchev–Trinajstić information content (AvgIpc) is 2.91. The van der Waals surface area contributed by atoms with E-state index < -0.39 is 45.9 Å². The molecule has 0 radical (unpaired) electrons. The maximum absolute atomic E-state index is 13.1. The lowest BCUT2D eigenvalue weighted by Gasteiger charge is -2.30. The molecule has 1 saturated carbocycles. The van der Waals surface area contributed by atoms with Gasteiger partial charge in [0, 0.05) is 12.0 Å². The number of ether oxygens (including phenoxy) is 1. The van der Waals surface area contributed by atoms with Gasteiger partial charge in [0.05, 0.1) is 16.5 Å². The number of hydrogen-bond donors (Lipinski definition) is 3. The van der Waals surface area contributed by atoms with E-state index in [9.17, 15) is 31.2 Å². The van der Waals surface area contributed by atoms with Gasteiger partial charge < -0.3 is 10.1 Å². The summed E-state index contributed by atoms with van der Waals surface area (Å²) >= 11 is 5.68. The second kappa shape index (κ2) is 13.8. The fourth-order valence-electron chi connectivity index (χ4n) is 4.48. The second-order valence-electron chi connectivity index (χ2n) is 10.1. The van der Waals surface area contributed by atoms with Crippen LogP contribution in [-0.2, 0) is 30.5 Å². The number of nitrogens with one attached hydrogen (secondary N) is 3. The lowest BCUT2D eigenvalue weighted by molar-refractivity contribution is -0.148. The predicted molar refractivity (Wildman–Crippen MR) is 143 cm³/mol. The Balaban J connectivity index is 1.58. The maximum atomic E-state index is 13.1. The first-order valence-corrected chi connectivity index (χ1v) is 14.8. The van der Waals surface area contributed by atoms with Gasteiger partial charge in [-0.05, 0) is 73.2 Å². The normalized spacial score (nSPS) is 19.6. The molecule has 1 aliphatic rings. The predicted octanol–water partition coefficient (Wildman–Crippen LogP) is 4.71. The van der Waals surface area contributed by atoms with Crippen LogP contribution in [0.2, 0.25) is 0 Å². The minimum Gasteiger partial charge on any atom is -0.462 e. The Labute approximate surface area is 237 Å². The van der Waals surface area contributed by atoms with Gasteiger partial charge in [0.1, 0.15) is 12.6 Å². The molecule has 3 N–H and O–H groups in total. The van der Waals surface area contributed by atoms with Crippen LogP contribution in [0.3, 0.4) is 0 Å². The van der Waals surface area contributed by atoms with Crippen molar-refractivity contribution in [3.8, 4) is 0 Å². The molecule has 0 saturated heterocycles. The van der Waals surface area contributed by atoms with E-state index in [4.69, 9.17) is 16.5 Å². The molecule has 0 heterocycles. The third kappa shape index (κ3) is 8.66. The molecule has 1 fully saturated rings. The average molecular weight is 604 g/mol. The van der Waals surface area contributed by atoms with Crippen LogP contribution < -0.4 is 14.9 Å². The lowest BCUT2D eigenvalue weighted by atomic mass is 9.85. The highest BCUT2D eigenvalue weighted by atomic mass is 35.5. The summed E-state index contributed by atoms with van der Waals surface area (Å²) in [7, 11) is -4.03. The molecule has 1 aliphatic carbocycles. The largest absolute Gasteiger partial charge is 0.462 e. The summed E-state index contributed by atoms with van der Waals surface area (Å²) in [6.45, 7) is 3.54. The summed E-state index contributed by atoms with van der Waals surface area (Å²) in [5.41, 5.74) is -0.182. The summed E-state index contributed by atoms with van der Waals surface area (Å²) in [6, 6.07) is 10.6. The summed E-state index contributed by atoms with van der Waals surface area (Å²) in [5, 5.41) is 2.95. The van der Waals surface area contributed by atoms with Gasteiger partial charge >= 0.3 is 12.1 Å². The van der Waals surface area contributed by atoms with Crippen molar-refractivity contribution in [2.45, 2.75) is 68.7 Å². The fraction of sp³-hybridized carbons (Fsp3) is 0.481. The molecule has 0 unspecified atom stereocenters. The zero-order chi connectivity index (χ0) is 29.5. The van der Waals surface area contributed by atoms with Gasteiger partial charge in [0.2, 0.25) is 15.9 Å². The van der Waals surface area contributed by atoms with Gasteiger partial charge in [-0.1, -0.05) is 44.2 Å². The lowest BCUT2D eigenvalue weighted by Crippen LogP contribution is -2.43. The van der Waals surface area contributed by atoms with Crippen molar-refractivity contribution >= 4 is 33.7 Å². The molecule has 13 heteroatoms. The zero-order valence-corrected chi connectivity index (χ0v) is 23.7. The highest BCUT2D eigenvalue weighted by Gasteiger charge is 2.33. The molecule has 2 aromatic rings. The smallest absolute Gasteiger partial charge is 0.416 e. The highest BCUT2D eigenvalue weighted by molar-refractivity contribution is 7.89. The van der Waals surface area contributed by atoms with E-state index in [0.717, 1.165) is 29.8 Å². The van der Waals surface area contributed by atoms with Crippen LogP contribution in [0.1, 0.15) is 56.7 Å². The zero-order valence-electron chi connectivity index (χ0n) is 22.1. The number of carbonyl (C=O) groups is 2. The van der Waals surface area contributed by atoms with Gasteiger partial charge in [-0.15, -0.1) is 0 Å². The van der Waals surface area contributed by atoms with Crippen LogP contribution in [-0.4, -0.2) is 39.0 Å². The molecular formula is C27H33ClF3N3O5S. The van der Waals surface area contributed by atoms with Crippen molar-refractivity contribution in [1.29, 1.82) is 0 Å². The molecule has 1 amide bonds. The highest BCUT2D eigenvalue weighted by Crippen LogP contribution is 2.30. The topological polar surface area (TPSA) is 114 Å². The van der Waals surface area contributed by atoms with Crippen molar-refractivity contribution in [3.05, 3.63) is 65.7 Å². The van der Waals surface area contributed by atoms with Gasteiger partial charge in [-0.2, -0.15) is 13.2 Å². The minimum atomic E-state index is -4.56. The summed E-state index contributed by atoms with van der Waals surface area (Å²) in [4.78, 5) is 27.8. The number of amides is 1. The van der Waals surface area contributed by atoms with Crippen LogP contribution in [0.4, 0.5) is 13.2 Å². The third-order valence-corrected chi connectivity index (χ3v) is 8.63. The Kier molecular flexibility index (Phi) is 11.0. The van der Waals surface area contributed by atoms with Crippen molar-refractivity contribution in [2.75, 3.05) is 6.61 Å². The number of halogens is 4. The van der Waals surface area contributed by atoms with E-state index >= 15 is 0 Å². The number of hydrogen-bond acceptors (Lipinski definition) is 6. The molecule has 2 aromatic carbocycles. The minimum absolute atomic E-state index is 0.0986. The quantitative estimate of drug-likeness (QED) is 0.253. The number of sulfonamides is 1. The monoisotopic (exact) mass is 603 g/mol. The van der Waals surface area contributed by atoms with Crippen LogP contribution in [0.5, 0.6) is 0 Å². The first-order valence-electron chi connectivity index (χ1n) is 12.9. The molecule has 8 nitrogen and oxygen atoms in total. The van der Waals surface area contributed by atoms with Crippen molar-refractivity contribution in [3.63, 3.8) is 0 Å². The second-order valence-corrected chi connectivity index (χ2v) is 12.1. The van der Waals surface area contributed by atoms with E-state index in [-0.39, 0.29) is 29.2 Å². The SMILES string of the molecule is CC(C)[C@H](NCl)C(=O)OC[C@@H](NC(=O)[C@H]1CC[C@H](NS(=O)(=O)c2ccc(C(F)(F)F)cc2)CC1)c1ccccc1. The van der Waals surface area contributed by atoms with Crippen molar-refractivity contribution < 1.29 is 35.9 Å². The number of alkyl halides is 3. The van der Waals surface area contributed by atoms with E-state index in [1.54, 1.807) is 0 Å². The molecule has 3 rings (SSSR count). The molecule has 220 valence electrons. The summed E-state index contributed by atoms with van der Waals surface area (Å²) < 4.78 is 71.8. The molecule has 0 bridgehead atoms. The number of carbonyl (C=O) groups excluding carboxylic acids is 2. The number of rotatable bonds is 11. The van der Waals surface area contributed by atoms with Crippen LogP contribution in [0, 0.1) is 11.8 Å². The first kappa shape index (κ1) is 31.9. The van der Waals surface area contributed by atoms with Crippen molar-refractivity contribution in [1.82, 2.24) is 14.9 Å². The third-order valence-electron chi connectivity index (χ3n) is 6.86. The molecule has 0 aliphatic heterocycles. The van der Waals surface area contributed by atoms with Gasteiger partial charge in [0.15, 0.2) is 0 Å². The Hall–Kier alpha value is -2.67. The number of benzene rings is 2. The Bertz CT molecular complexity index is 1240. The van der Waals surface area contributed by atoms with E-state index in [1.807, 2.05) is 44.2 Å². The Morgan fingerprint density at radius 1 is 1.00 bits per heavy atom. The Morgan fingerprint density at radius 2 is 1.60 bits per heavy atom. The first-order chi connectivity index (χ1) is 18.8. The number of esters is 1. The molecule has 0 spiro atoms. The van der Waals surface area contributed by atoms with E-state index in [0.29, 0.717) is 25.7 Å². The van der Waals surface area contributed by atoms with Crippen LogP contribution in [0.15, 0.2) is 59.5 Å². The van der Waals surface area contributed by atoms with Gasteiger partial charge in [-0.3, -0.25) is 9.59 Å². The van der Waals surface area contributed by atoms with Gasteiger partial charge in [-0.25, -0.2) is 18.0 Å². The van der Waals surface area contributed by atoms with Crippen LogP contribution >= 0.6 is 11.8 Å². The van der Waals surface area contributed by atoms with E-state index in [2.05, 4.69) is 14.9 Å². The summed E-state index contributed by atoms with van der Waals surface area (Å²) in [6.07, 6.45) is -3.01. The molecule has 0 aromatic heterocycles. The van der Waals surface area contributed by atoms with Crippen LogP contribution in [0.25, 0.3) is 0 Å². The maximum Gasteiger partial charge on any atom is 0.416 e. The van der Waals surface area contributed by atoms with Crippen molar-refractivity contribution in [2.24, 2.45) is 11.8 Å². The Morgan fingerprint density at radius 3 is 2.12 bits per heavy atom. The summed E-state index contributed by atoms with van der Waals surface area (Å²) in [5.74, 6) is -1.28. The van der Waals surface area contributed by atoms with E-state index in [1.165, 1.54) is 0 Å². The van der Waals surface area contributed by atoms with Gasteiger partial charge in [0.25, 0.3) is 0 Å².